The highest BCUT2D eigenvalue weighted by molar-refractivity contribution is 5.96. The summed E-state index contributed by atoms with van der Waals surface area (Å²) in [6.45, 7) is 6.71. The topological polar surface area (TPSA) is 72.9 Å². The van der Waals surface area contributed by atoms with Crippen LogP contribution in [0.25, 0.3) is 0 Å². The van der Waals surface area contributed by atoms with Gasteiger partial charge in [0.1, 0.15) is 5.60 Å². The lowest BCUT2D eigenvalue weighted by Gasteiger charge is -2.31. The zero-order valence-corrected chi connectivity index (χ0v) is 11.2. The molecule has 1 atom stereocenters. The predicted octanol–water partition coefficient (Wildman–Crippen LogP) is 1.48. The molecule has 0 N–H and O–H groups in total. The van der Waals surface area contributed by atoms with E-state index in [4.69, 9.17) is 9.47 Å². The Labute approximate surface area is 106 Å². The van der Waals surface area contributed by atoms with E-state index in [0.717, 1.165) is 4.90 Å². The van der Waals surface area contributed by atoms with Crippen LogP contribution in [0.1, 0.15) is 40.5 Å². The van der Waals surface area contributed by atoms with Crippen molar-refractivity contribution in [3.63, 3.8) is 0 Å². The SMILES string of the molecule is CC(=O)O[C@@H]1CCCN(C(=O)OC(C)(C)C)C1=O. The number of imide groups is 1. The summed E-state index contributed by atoms with van der Waals surface area (Å²) in [4.78, 5) is 35.6. The van der Waals surface area contributed by atoms with Gasteiger partial charge in [-0.2, -0.15) is 0 Å². The Morgan fingerprint density at radius 1 is 1.33 bits per heavy atom. The lowest BCUT2D eigenvalue weighted by Crippen LogP contribution is -2.50. The first kappa shape index (κ1) is 14.5. The number of carbonyl (C=O) groups is 3. The molecule has 1 rings (SSSR count). The third-order valence-corrected chi connectivity index (χ3v) is 2.31. The van der Waals surface area contributed by atoms with Crippen molar-refractivity contribution in [3.8, 4) is 0 Å². The monoisotopic (exact) mass is 257 g/mol. The van der Waals surface area contributed by atoms with E-state index in [1.807, 2.05) is 0 Å². The summed E-state index contributed by atoms with van der Waals surface area (Å²) >= 11 is 0. The lowest BCUT2D eigenvalue weighted by molar-refractivity contribution is -0.161. The average molecular weight is 257 g/mol. The third-order valence-electron chi connectivity index (χ3n) is 2.31. The van der Waals surface area contributed by atoms with Gasteiger partial charge in [0.15, 0.2) is 6.10 Å². The molecular weight excluding hydrogens is 238 g/mol. The van der Waals surface area contributed by atoms with Crippen LogP contribution in [0.15, 0.2) is 0 Å². The molecule has 1 aliphatic heterocycles. The highest BCUT2D eigenvalue weighted by atomic mass is 16.6. The molecule has 102 valence electrons. The Morgan fingerprint density at radius 2 is 1.94 bits per heavy atom. The number of likely N-dealkylation sites (tertiary alicyclic amines) is 1. The summed E-state index contributed by atoms with van der Waals surface area (Å²) in [5.41, 5.74) is -0.661. The fraction of sp³-hybridized carbons (Fsp3) is 0.750. The van der Waals surface area contributed by atoms with E-state index in [9.17, 15) is 14.4 Å². The van der Waals surface area contributed by atoms with Gasteiger partial charge in [0, 0.05) is 13.5 Å². The molecule has 0 aromatic rings. The largest absolute Gasteiger partial charge is 0.452 e. The molecule has 0 bridgehead atoms. The zero-order valence-electron chi connectivity index (χ0n) is 11.2. The van der Waals surface area contributed by atoms with Crippen LogP contribution in [-0.2, 0) is 19.1 Å². The van der Waals surface area contributed by atoms with Crippen LogP contribution in [-0.4, -0.2) is 41.1 Å². The Balaban J connectivity index is 2.68. The maximum Gasteiger partial charge on any atom is 0.417 e. The van der Waals surface area contributed by atoms with Crippen molar-refractivity contribution in [2.24, 2.45) is 0 Å². The molecule has 0 unspecified atom stereocenters. The summed E-state index contributed by atoms with van der Waals surface area (Å²) in [5.74, 6) is -1.04. The Hall–Kier alpha value is -1.59. The number of rotatable bonds is 1. The van der Waals surface area contributed by atoms with E-state index >= 15 is 0 Å². The van der Waals surface area contributed by atoms with Crippen molar-refractivity contribution < 1.29 is 23.9 Å². The molecule has 0 aromatic carbocycles. The summed E-state index contributed by atoms with van der Waals surface area (Å²) in [6, 6.07) is 0. The van der Waals surface area contributed by atoms with Gasteiger partial charge in [-0.25, -0.2) is 9.69 Å². The second kappa shape index (κ2) is 5.37. The molecule has 2 amide bonds. The highest BCUT2D eigenvalue weighted by Gasteiger charge is 2.36. The van der Waals surface area contributed by atoms with Crippen molar-refractivity contribution >= 4 is 18.0 Å². The minimum Gasteiger partial charge on any atom is -0.452 e. The van der Waals surface area contributed by atoms with E-state index in [2.05, 4.69) is 0 Å². The van der Waals surface area contributed by atoms with E-state index in [1.54, 1.807) is 20.8 Å². The minimum atomic E-state index is -0.872. The predicted molar refractivity (Wildman–Crippen MR) is 62.7 cm³/mol. The zero-order chi connectivity index (χ0) is 13.9. The summed E-state index contributed by atoms with van der Waals surface area (Å²) in [7, 11) is 0. The molecule has 0 aliphatic carbocycles. The molecule has 1 heterocycles. The number of ether oxygens (including phenoxy) is 2. The van der Waals surface area contributed by atoms with Crippen molar-refractivity contribution in [2.75, 3.05) is 6.54 Å². The van der Waals surface area contributed by atoms with Crippen molar-refractivity contribution in [1.82, 2.24) is 4.90 Å². The average Bonchev–Trinajstić information content (AvgIpc) is 2.17. The second-order valence-corrected chi connectivity index (χ2v) is 5.21. The fourth-order valence-corrected chi connectivity index (χ4v) is 1.65. The number of hydrogen-bond acceptors (Lipinski definition) is 5. The number of carbonyl (C=O) groups excluding carboxylic acids is 3. The number of esters is 1. The quantitative estimate of drug-likeness (QED) is 0.665. The number of hydrogen-bond donors (Lipinski definition) is 0. The van der Waals surface area contributed by atoms with Gasteiger partial charge in [-0.05, 0) is 33.6 Å². The van der Waals surface area contributed by atoms with E-state index in [-0.39, 0.29) is 0 Å². The van der Waals surface area contributed by atoms with Gasteiger partial charge in [-0.1, -0.05) is 0 Å². The summed E-state index contributed by atoms with van der Waals surface area (Å²) < 4.78 is 10.0. The van der Waals surface area contributed by atoms with Gasteiger partial charge in [-0.15, -0.1) is 0 Å². The molecule has 1 fully saturated rings. The molecule has 6 heteroatoms. The summed E-state index contributed by atoms with van der Waals surface area (Å²) in [5, 5.41) is 0. The Kier molecular flexibility index (Phi) is 4.32. The Morgan fingerprint density at radius 3 is 2.44 bits per heavy atom. The van der Waals surface area contributed by atoms with Crippen LogP contribution in [0.4, 0.5) is 4.79 Å². The summed E-state index contributed by atoms with van der Waals surface area (Å²) in [6.07, 6.45) is -0.520. The van der Waals surface area contributed by atoms with Crippen molar-refractivity contribution in [2.45, 2.75) is 52.2 Å². The molecule has 0 aromatic heterocycles. The highest BCUT2D eigenvalue weighted by Crippen LogP contribution is 2.18. The van der Waals surface area contributed by atoms with Gasteiger partial charge < -0.3 is 9.47 Å². The van der Waals surface area contributed by atoms with Crippen LogP contribution >= 0.6 is 0 Å². The first-order valence-electron chi connectivity index (χ1n) is 5.92. The molecule has 0 spiro atoms. The van der Waals surface area contributed by atoms with E-state index in [1.165, 1.54) is 6.92 Å². The molecule has 0 saturated carbocycles. The molecule has 0 radical (unpaired) electrons. The van der Waals surface area contributed by atoms with Crippen LogP contribution in [0.3, 0.4) is 0 Å². The second-order valence-electron chi connectivity index (χ2n) is 5.21. The first-order chi connectivity index (χ1) is 8.20. The number of piperidine rings is 1. The number of amides is 2. The van der Waals surface area contributed by atoms with Gasteiger partial charge in [0.05, 0.1) is 0 Å². The molecule has 1 aliphatic rings. The van der Waals surface area contributed by atoms with E-state index in [0.29, 0.717) is 19.4 Å². The van der Waals surface area contributed by atoms with Crippen LogP contribution in [0.2, 0.25) is 0 Å². The number of nitrogens with zero attached hydrogens (tertiary/aromatic N) is 1. The van der Waals surface area contributed by atoms with E-state index < -0.39 is 29.7 Å². The van der Waals surface area contributed by atoms with Crippen LogP contribution in [0, 0.1) is 0 Å². The van der Waals surface area contributed by atoms with Gasteiger partial charge >= 0.3 is 12.1 Å². The van der Waals surface area contributed by atoms with Crippen LogP contribution < -0.4 is 0 Å². The molecule has 6 nitrogen and oxygen atoms in total. The lowest BCUT2D eigenvalue weighted by atomic mass is 10.1. The van der Waals surface area contributed by atoms with Crippen molar-refractivity contribution in [1.29, 1.82) is 0 Å². The van der Waals surface area contributed by atoms with Crippen LogP contribution in [0.5, 0.6) is 0 Å². The Bertz CT molecular complexity index is 358. The fourth-order valence-electron chi connectivity index (χ4n) is 1.65. The van der Waals surface area contributed by atoms with Crippen molar-refractivity contribution in [3.05, 3.63) is 0 Å². The normalized spacial score (nSPS) is 20.6. The van der Waals surface area contributed by atoms with Gasteiger partial charge in [-0.3, -0.25) is 9.59 Å². The standard InChI is InChI=1S/C12H19NO5/c1-8(14)17-9-6-5-7-13(10(9)15)11(16)18-12(2,3)4/h9H,5-7H2,1-4H3/t9-/m1/s1. The van der Waals surface area contributed by atoms with Gasteiger partial charge in [0.25, 0.3) is 5.91 Å². The smallest absolute Gasteiger partial charge is 0.417 e. The maximum atomic E-state index is 11.9. The molecular formula is C12H19NO5. The molecule has 1 saturated heterocycles. The first-order valence-corrected chi connectivity index (χ1v) is 5.92. The third kappa shape index (κ3) is 4.01. The van der Waals surface area contributed by atoms with Gasteiger partial charge in [0.2, 0.25) is 0 Å². The molecule has 18 heavy (non-hydrogen) atoms. The maximum absolute atomic E-state index is 11.9. The minimum absolute atomic E-state index is 0.297.